The van der Waals surface area contributed by atoms with Gasteiger partial charge in [-0.1, -0.05) is 20.8 Å². The monoisotopic (exact) mass is 295 g/mol. The second-order valence-electron chi connectivity index (χ2n) is 6.60. The van der Waals surface area contributed by atoms with E-state index in [1.807, 2.05) is 11.9 Å². The van der Waals surface area contributed by atoms with E-state index in [4.69, 9.17) is 0 Å². The molecule has 2 rings (SSSR count). The molecular formula is C15H25N3OS. The molecule has 2 heterocycles. The Morgan fingerprint density at radius 1 is 1.55 bits per heavy atom. The number of rotatable bonds is 3. The van der Waals surface area contributed by atoms with E-state index in [9.17, 15) is 4.79 Å². The lowest BCUT2D eigenvalue weighted by molar-refractivity contribution is 0.0676. The minimum absolute atomic E-state index is 0.0782. The molecule has 20 heavy (non-hydrogen) atoms. The van der Waals surface area contributed by atoms with Crippen LogP contribution in [-0.2, 0) is 5.41 Å². The first-order valence-electron chi connectivity index (χ1n) is 7.31. The topological polar surface area (TPSA) is 45.2 Å². The molecule has 4 nitrogen and oxygen atoms in total. The van der Waals surface area contributed by atoms with Crippen LogP contribution in [0.1, 0.15) is 49.0 Å². The van der Waals surface area contributed by atoms with Crippen molar-refractivity contribution in [3.8, 4) is 0 Å². The molecule has 1 aromatic heterocycles. The third kappa shape index (κ3) is 3.38. The van der Waals surface area contributed by atoms with Gasteiger partial charge in [-0.05, 0) is 32.4 Å². The van der Waals surface area contributed by atoms with Crippen molar-refractivity contribution in [2.45, 2.75) is 39.0 Å². The third-order valence-corrected chi connectivity index (χ3v) is 4.59. The smallest absolute Gasteiger partial charge is 0.265 e. The van der Waals surface area contributed by atoms with Crippen molar-refractivity contribution >= 4 is 17.2 Å². The van der Waals surface area contributed by atoms with Gasteiger partial charge < -0.3 is 10.2 Å². The van der Waals surface area contributed by atoms with Gasteiger partial charge in [0.15, 0.2) is 0 Å². The van der Waals surface area contributed by atoms with Crippen LogP contribution in [0.3, 0.4) is 0 Å². The van der Waals surface area contributed by atoms with E-state index in [0.29, 0.717) is 5.92 Å². The maximum absolute atomic E-state index is 12.8. The summed E-state index contributed by atoms with van der Waals surface area (Å²) in [6, 6.07) is 0. The quantitative estimate of drug-likeness (QED) is 0.932. The molecule has 0 aromatic carbocycles. The predicted molar refractivity (Wildman–Crippen MR) is 83.4 cm³/mol. The van der Waals surface area contributed by atoms with Gasteiger partial charge in [0, 0.05) is 18.5 Å². The summed E-state index contributed by atoms with van der Waals surface area (Å²) in [7, 11) is 1.97. The number of aromatic nitrogens is 1. The molecule has 0 radical (unpaired) electrons. The van der Waals surface area contributed by atoms with Crippen LogP contribution >= 0.6 is 11.3 Å². The Balaban J connectivity index is 2.13. The standard InChI is InChI=1S/C15H25N3OS/c1-15(2,3)13-12(20-10-17-13)14(19)18-7-5-6-11(9-18)8-16-4/h10-11,16H,5-9H2,1-4H3/t11-/m0/s1. The molecule has 1 saturated heterocycles. The SMILES string of the molecule is CNC[C@@H]1CCCN(C(=O)c2scnc2C(C)(C)C)C1. The number of piperidine rings is 1. The van der Waals surface area contributed by atoms with Crippen LogP contribution in [0.5, 0.6) is 0 Å². The Bertz CT molecular complexity index is 462. The van der Waals surface area contributed by atoms with Crippen LogP contribution in [0.25, 0.3) is 0 Å². The van der Waals surface area contributed by atoms with E-state index in [2.05, 4.69) is 31.1 Å². The van der Waals surface area contributed by atoms with Crippen LogP contribution in [0.15, 0.2) is 5.51 Å². The average Bonchev–Trinajstić information content (AvgIpc) is 2.87. The van der Waals surface area contributed by atoms with Gasteiger partial charge in [-0.15, -0.1) is 11.3 Å². The fourth-order valence-corrected chi connectivity index (χ4v) is 3.74. The summed E-state index contributed by atoms with van der Waals surface area (Å²) >= 11 is 1.47. The van der Waals surface area contributed by atoms with E-state index in [-0.39, 0.29) is 11.3 Å². The Morgan fingerprint density at radius 2 is 2.30 bits per heavy atom. The van der Waals surface area contributed by atoms with Crippen LogP contribution in [0, 0.1) is 5.92 Å². The number of thiazole rings is 1. The number of hydrogen-bond donors (Lipinski definition) is 1. The second kappa shape index (κ2) is 6.22. The highest BCUT2D eigenvalue weighted by atomic mass is 32.1. The molecule has 0 spiro atoms. The van der Waals surface area contributed by atoms with E-state index in [0.717, 1.165) is 36.6 Å². The van der Waals surface area contributed by atoms with Gasteiger partial charge in [-0.3, -0.25) is 4.79 Å². The van der Waals surface area contributed by atoms with Crippen molar-refractivity contribution < 1.29 is 4.79 Å². The normalized spacial score (nSPS) is 20.2. The van der Waals surface area contributed by atoms with Gasteiger partial charge in [-0.25, -0.2) is 4.98 Å². The molecule has 1 fully saturated rings. The van der Waals surface area contributed by atoms with E-state index < -0.39 is 0 Å². The molecule has 1 aliphatic heterocycles. The fourth-order valence-electron chi connectivity index (χ4n) is 2.78. The first-order valence-corrected chi connectivity index (χ1v) is 8.19. The highest BCUT2D eigenvalue weighted by molar-refractivity contribution is 7.11. The van der Waals surface area contributed by atoms with E-state index in [1.165, 1.54) is 17.8 Å². The summed E-state index contributed by atoms with van der Waals surface area (Å²) in [5, 5.41) is 3.22. The summed E-state index contributed by atoms with van der Waals surface area (Å²) in [6.45, 7) is 9.05. The molecule has 0 aliphatic carbocycles. The molecule has 0 saturated carbocycles. The fraction of sp³-hybridized carbons (Fsp3) is 0.733. The highest BCUT2D eigenvalue weighted by Gasteiger charge is 2.30. The van der Waals surface area contributed by atoms with Gasteiger partial charge in [-0.2, -0.15) is 0 Å². The Labute approximate surface area is 125 Å². The van der Waals surface area contributed by atoms with Crippen LogP contribution in [0.4, 0.5) is 0 Å². The summed E-state index contributed by atoms with van der Waals surface area (Å²) in [6.07, 6.45) is 2.31. The van der Waals surface area contributed by atoms with Crippen molar-refractivity contribution in [1.29, 1.82) is 0 Å². The van der Waals surface area contributed by atoms with Gasteiger partial charge in [0.25, 0.3) is 5.91 Å². The molecule has 1 aliphatic rings. The lowest BCUT2D eigenvalue weighted by Gasteiger charge is -2.33. The molecule has 1 aromatic rings. The molecule has 1 atom stereocenters. The van der Waals surface area contributed by atoms with E-state index >= 15 is 0 Å². The molecule has 1 amide bonds. The lowest BCUT2D eigenvalue weighted by atomic mass is 9.90. The Morgan fingerprint density at radius 3 is 2.95 bits per heavy atom. The minimum atomic E-state index is -0.0782. The Kier molecular flexibility index (Phi) is 4.81. The zero-order chi connectivity index (χ0) is 14.8. The average molecular weight is 295 g/mol. The number of amides is 1. The second-order valence-corrected chi connectivity index (χ2v) is 7.45. The summed E-state index contributed by atoms with van der Waals surface area (Å²) in [5.74, 6) is 0.738. The first kappa shape index (κ1) is 15.4. The lowest BCUT2D eigenvalue weighted by Crippen LogP contribution is -2.42. The van der Waals surface area contributed by atoms with Crippen molar-refractivity contribution in [2.24, 2.45) is 5.92 Å². The molecule has 112 valence electrons. The van der Waals surface area contributed by atoms with Crippen LogP contribution in [0.2, 0.25) is 0 Å². The number of hydrogen-bond acceptors (Lipinski definition) is 4. The number of nitrogens with zero attached hydrogens (tertiary/aromatic N) is 2. The number of likely N-dealkylation sites (tertiary alicyclic amines) is 1. The first-order chi connectivity index (χ1) is 9.43. The zero-order valence-corrected chi connectivity index (χ0v) is 13.7. The largest absolute Gasteiger partial charge is 0.338 e. The maximum atomic E-state index is 12.8. The predicted octanol–water partition coefficient (Wildman–Crippen LogP) is 2.51. The highest BCUT2D eigenvalue weighted by Crippen LogP contribution is 2.29. The van der Waals surface area contributed by atoms with Gasteiger partial charge in [0.05, 0.1) is 11.2 Å². The zero-order valence-electron chi connectivity index (χ0n) is 12.9. The Hall–Kier alpha value is -0.940. The third-order valence-electron chi connectivity index (χ3n) is 3.77. The van der Waals surface area contributed by atoms with Crippen LogP contribution < -0.4 is 5.32 Å². The number of carbonyl (C=O) groups excluding carboxylic acids is 1. The van der Waals surface area contributed by atoms with E-state index in [1.54, 1.807) is 5.51 Å². The molecule has 5 heteroatoms. The van der Waals surface area contributed by atoms with Crippen LogP contribution in [-0.4, -0.2) is 42.5 Å². The summed E-state index contributed by atoms with van der Waals surface area (Å²) in [4.78, 5) is 20.0. The van der Waals surface area contributed by atoms with Crippen molar-refractivity contribution in [1.82, 2.24) is 15.2 Å². The summed E-state index contributed by atoms with van der Waals surface area (Å²) in [5.41, 5.74) is 2.65. The van der Waals surface area contributed by atoms with Gasteiger partial charge in [0.2, 0.25) is 0 Å². The summed E-state index contributed by atoms with van der Waals surface area (Å²) < 4.78 is 0. The minimum Gasteiger partial charge on any atom is -0.338 e. The van der Waals surface area contributed by atoms with Gasteiger partial charge >= 0.3 is 0 Å². The maximum Gasteiger partial charge on any atom is 0.265 e. The van der Waals surface area contributed by atoms with Crippen molar-refractivity contribution in [3.05, 3.63) is 16.1 Å². The number of carbonyl (C=O) groups is 1. The molecular weight excluding hydrogens is 270 g/mol. The van der Waals surface area contributed by atoms with Crippen molar-refractivity contribution in [2.75, 3.05) is 26.7 Å². The number of nitrogens with one attached hydrogen (secondary N) is 1. The molecule has 0 unspecified atom stereocenters. The van der Waals surface area contributed by atoms with Gasteiger partial charge in [0.1, 0.15) is 4.88 Å². The molecule has 0 bridgehead atoms. The van der Waals surface area contributed by atoms with Crippen molar-refractivity contribution in [3.63, 3.8) is 0 Å². The molecule has 1 N–H and O–H groups in total.